The number of carbonyl (C=O) groups is 3. The fourth-order valence-corrected chi connectivity index (χ4v) is 3.09. The number of benzene rings is 2. The van der Waals surface area contributed by atoms with Gasteiger partial charge in [-0.2, -0.15) is 0 Å². The molecule has 24 heavy (non-hydrogen) atoms. The zero-order valence-electron chi connectivity index (χ0n) is 12.1. The fourth-order valence-electron chi connectivity index (χ4n) is 2.19. The summed E-state index contributed by atoms with van der Waals surface area (Å²) in [7, 11) is 0. The lowest BCUT2D eigenvalue weighted by atomic mass is 10.2. The van der Waals surface area contributed by atoms with Crippen molar-refractivity contribution >= 4 is 40.3 Å². The van der Waals surface area contributed by atoms with Crippen molar-refractivity contribution in [3.8, 4) is 0 Å². The number of imide groups is 1. The lowest BCUT2D eigenvalue weighted by Gasteiger charge is -2.15. The molecule has 2 aromatic carbocycles. The number of aromatic carboxylic acids is 1. The second kappa shape index (κ2) is 6.32. The summed E-state index contributed by atoms with van der Waals surface area (Å²) in [6.45, 7) is 0. The Kier molecular flexibility index (Phi) is 4.22. The van der Waals surface area contributed by atoms with Crippen LogP contribution in [0, 0.1) is 5.82 Å². The summed E-state index contributed by atoms with van der Waals surface area (Å²) in [6.07, 6.45) is 0. The smallest absolute Gasteiger partial charge is 0.335 e. The van der Waals surface area contributed by atoms with Gasteiger partial charge in [-0.1, -0.05) is 0 Å². The predicted molar refractivity (Wildman–Crippen MR) is 87.7 cm³/mol. The molecular weight excluding hydrogens is 335 g/mol. The number of thioether (sulfide) groups is 1. The normalized spacial score (nSPS) is 17.2. The minimum atomic E-state index is -1.05. The summed E-state index contributed by atoms with van der Waals surface area (Å²) >= 11 is 0.802. The predicted octanol–water partition coefficient (Wildman–Crippen LogP) is 3.16. The molecule has 1 atom stereocenters. The molecule has 2 N–H and O–H groups in total. The summed E-state index contributed by atoms with van der Waals surface area (Å²) in [5.41, 5.74) is 0.930. The van der Waals surface area contributed by atoms with Crippen LogP contribution in [0.15, 0.2) is 48.5 Å². The van der Waals surface area contributed by atoms with Crippen molar-refractivity contribution in [3.63, 3.8) is 0 Å². The SMILES string of the molecule is O=C(O)c1ccc(N[C@@H]2SC(=O)N(c3ccc(F)cc3)C2=O)cc1. The first-order valence-corrected chi connectivity index (χ1v) is 7.74. The van der Waals surface area contributed by atoms with Crippen LogP contribution in [0.1, 0.15) is 10.4 Å². The number of carbonyl (C=O) groups excluding carboxylic acids is 2. The van der Waals surface area contributed by atoms with Crippen molar-refractivity contribution < 1.29 is 23.9 Å². The van der Waals surface area contributed by atoms with Gasteiger partial charge < -0.3 is 10.4 Å². The summed E-state index contributed by atoms with van der Waals surface area (Å²) in [6, 6.07) is 10.9. The van der Waals surface area contributed by atoms with Crippen molar-refractivity contribution in [1.29, 1.82) is 0 Å². The van der Waals surface area contributed by atoms with Gasteiger partial charge >= 0.3 is 5.97 Å². The second-order valence-corrected chi connectivity index (χ2v) is 6.00. The average molecular weight is 346 g/mol. The number of rotatable bonds is 4. The number of carboxylic acid groups (broad SMARTS) is 1. The van der Waals surface area contributed by atoms with Crippen LogP contribution in [0.5, 0.6) is 0 Å². The lowest BCUT2D eigenvalue weighted by molar-refractivity contribution is -0.116. The highest BCUT2D eigenvalue weighted by Gasteiger charge is 2.40. The number of carboxylic acids is 1. The summed E-state index contributed by atoms with van der Waals surface area (Å²) in [4.78, 5) is 36.3. The number of anilines is 2. The largest absolute Gasteiger partial charge is 0.478 e. The third-order valence-corrected chi connectivity index (χ3v) is 4.30. The molecule has 1 saturated heterocycles. The van der Waals surface area contributed by atoms with Gasteiger partial charge in [0.2, 0.25) is 0 Å². The van der Waals surface area contributed by atoms with Gasteiger partial charge in [-0.25, -0.2) is 14.1 Å². The van der Waals surface area contributed by atoms with E-state index in [0.717, 1.165) is 16.7 Å². The second-order valence-electron chi connectivity index (χ2n) is 4.94. The Morgan fingerprint density at radius 3 is 2.29 bits per heavy atom. The number of hydrogen-bond donors (Lipinski definition) is 2. The Morgan fingerprint density at radius 2 is 1.71 bits per heavy atom. The molecule has 0 bridgehead atoms. The van der Waals surface area contributed by atoms with Gasteiger partial charge in [0.25, 0.3) is 11.1 Å². The van der Waals surface area contributed by atoms with E-state index in [-0.39, 0.29) is 5.56 Å². The average Bonchev–Trinajstić information content (AvgIpc) is 2.83. The molecule has 1 heterocycles. The Balaban J connectivity index is 1.76. The molecule has 0 aliphatic carbocycles. The van der Waals surface area contributed by atoms with E-state index in [1.54, 1.807) is 0 Å². The maximum Gasteiger partial charge on any atom is 0.335 e. The molecule has 1 aliphatic rings. The highest BCUT2D eigenvalue weighted by Crippen LogP contribution is 2.32. The molecular formula is C16H11FN2O4S. The van der Waals surface area contributed by atoms with Crippen molar-refractivity contribution in [1.82, 2.24) is 0 Å². The fraction of sp³-hybridized carbons (Fsp3) is 0.0625. The monoisotopic (exact) mass is 346 g/mol. The van der Waals surface area contributed by atoms with Crippen LogP contribution in [0.4, 0.5) is 20.6 Å². The molecule has 6 nitrogen and oxygen atoms in total. The molecule has 3 rings (SSSR count). The first kappa shape index (κ1) is 16.0. The van der Waals surface area contributed by atoms with E-state index in [9.17, 15) is 18.8 Å². The van der Waals surface area contributed by atoms with Crippen LogP contribution in [0.25, 0.3) is 0 Å². The van der Waals surface area contributed by atoms with Gasteiger partial charge in [-0.15, -0.1) is 0 Å². The molecule has 0 saturated carbocycles. The van der Waals surface area contributed by atoms with Crippen LogP contribution in [0.3, 0.4) is 0 Å². The number of nitrogens with zero attached hydrogens (tertiary/aromatic N) is 1. The van der Waals surface area contributed by atoms with Gasteiger partial charge in [-0.3, -0.25) is 9.59 Å². The topological polar surface area (TPSA) is 86.7 Å². The van der Waals surface area contributed by atoms with Crippen LogP contribution in [-0.2, 0) is 4.79 Å². The van der Waals surface area contributed by atoms with E-state index in [4.69, 9.17) is 5.11 Å². The quantitative estimate of drug-likeness (QED) is 0.884. The standard InChI is InChI=1S/C16H11FN2O4S/c17-10-3-7-12(8-4-10)19-14(20)13(24-16(19)23)18-11-5-1-9(2-6-11)15(21)22/h1-8,13,18H,(H,21,22)/t13-/m1/s1. The van der Waals surface area contributed by atoms with E-state index in [1.165, 1.54) is 48.5 Å². The van der Waals surface area contributed by atoms with E-state index in [2.05, 4.69) is 5.32 Å². The van der Waals surface area contributed by atoms with Gasteiger partial charge in [0, 0.05) is 5.69 Å². The van der Waals surface area contributed by atoms with Gasteiger partial charge in [0.05, 0.1) is 11.3 Å². The molecule has 1 fully saturated rings. The Bertz CT molecular complexity index is 808. The summed E-state index contributed by atoms with van der Waals surface area (Å²) < 4.78 is 13.0. The maximum atomic E-state index is 13.0. The van der Waals surface area contributed by atoms with Crippen molar-refractivity contribution in [2.24, 2.45) is 0 Å². The first-order chi connectivity index (χ1) is 11.5. The molecule has 0 spiro atoms. The van der Waals surface area contributed by atoms with E-state index in [1.807, 2.05) is 0 Å². The Morgan fingerprint density at radius 1 is 1.08 bits per heavy atom. The Hall–Kier alpha value is -2.87. The zero-order valence-corrected chi connectivity index (χ0v) is 12.9. The minimum Gasteiger partial charge on any atom is -0.478 e. The molecule has 1 aliphatic heterocycles. The molecule has 2 amide bonds. The molecule has 2 aromatic rings. The van der Waals surface area contributed by atoms with E-state index in [0.29, 0.717) is 11.4 Å². The van der Waals surface area contributed by atoms with Gasteiger partial charge in [-0.05, 0) is 60.3 Å². The molecule has 8 heteroatoms. The van der Waals surface area contributed by atoms with Gasteiger partial charge in [0.1, 0.15) is 5.82 Å². The van der Waals surface area contributed by atoms with Crippen molar-refractivity contribution in [2.75, 3.05) is 10.2 Å². The third kappa shape index (κ3) is 3.09. The number of hydrogen-bond acceptors (Lipinski definition) is 5. The zero-order chi connectivity index (χ0) is 17.3. The third-order valence-electron chi connectivity index (χ3n) is 3.36. The van der Waals surface area contributed by atoms with Crippen LogP contribution >= 0.6 is 11.8 Å². The Labute approximate surface area is 140 Å². The molecule has 122 valence electrons. The van der Waals surface area contributed by atoms with Crippen molar-refractivity contribution in [2.45, 2.75) is 5.37 Å². The van der Waals surface area contributed by atoms with E-state index >= 15 is 0 Å². The van der Waals surface area contributed by atoms with Crippen LogP contribution in [-0.4, -0.2) is 27.6 Å². The lowest BCUT2D eigenvalue weighted by Crippen LogP contribution is -2.34. The molecule has 0 unspecified atom stereocenters. The van der Waals surface area contributed by atoms with Crippen LogP contribution in [0.2, 0.25) is 0 Å². The molecule has 0 radical (unpaired) electrons. The highest BCUT2D eigenvalue weighted by molar-refractivity contribution is 8.16. The highest BCUT2D eigenvalue weighted by atomic mass is 32.2. The van der Waals surface area contributed by atoms with Crippen molar-refractivity contribution in [3.05, 3.63) is 59.9 Å². The maximum absolute atomic E-state index is 13.0. The van der Waals surface area contributed by atoms with Crippen LogP contribution < -0.4 is 10.2 Å². The minimum absolute atomic E-state index is 0.120. The van der Waals surface area contributed by atoms with Gasteiger partial charge in [0.15, 0.2) is 5.37 Å². The summed E-state index contributed by atoms with van der Waals surface area (Å²) in [5.74, 6) is -1.98. The number of nitrogens with one attached hydrogen (secondary N) is 1. The number of halogens is 1. The first-order valence-electron chi connectivity index (χ1n) is 6.86. The molecule has 0 aromatic heterocycles. The number of amides is 2. The van der Waals surface area contributed by atoms with E-state index < -0.39 is 28.3 Å². The summed E-state index contributed by atoms with van der Waals surface area (Å²) in [5, 5.41) is 10.4.